The maximum absolute atomic E-state index is 12.6. The molecule has 1 aliphatic rings. The Bertz CT molecular complexity index is 616. The predicted octanol–water partition coefficient (Wildman–Crippen LogP) is 3.06. The predicted molar refractivity (Wildman–Crippen MR) is 101 cm³/mol. The second kappa shape index (κ2) is 9.41. The van der Waals surface area contributed by atoms with Crippen LogP contribution in [0.25, 0.3) is 0 Å². The number of halogens is 2. The van der Waals surface area contributed by atoms with E-state index in [-0.39, 0.29) is 17.9 Å². The number of carbonyl (C=O) groups excluding carboxylic acids is 2. The maximum Gasteiger partial charge on any atom is 0.255 e. The van der Waals surface area contributed by atoms with Crippen molar-refractivity contribution in [3.63, 3.8) is 0 Å². The molecule has 0 bridgehead atoms. The van der Waals surface area contributed by atoms with Crippen LogP contribution in [0.4, 0.5) is 0 Å². The third-order valence-electron chi connectivity index (χ3n) is 4.32. The summed E-state index contributed by atoms with van der Waals surface area (Å²) in [5.41, 5.74) is 0.464. The lowest BCUT2D eigenvalue weighted by molar-refractivity contribution is -0.123. The number of nitrogens with zero attached hydrogens (tertiary/aromatic N) is 2. The van der Waals surface area contributed by atoms with Gasteiger partial charge < -0.3 is 10.2 Å². The highest BCUT2D eigenvalue weighted by molar-refractivity contribution is 6.36. The van der Waals surface area contributed by atoms with Crippen LogP contribution in [0, 0.1) is 0 Å². The molecule has 1 fully saturated rings. The van der Waals surface area contributed by atoms with Crippen LogP contribution in [0.15, 0.2) is 18.2 Å². The van der Waals surface area contributed by atoms with Crippen molar-refractivity contribution in [1.82, 2.24) is 15.1 Å². The molecular formula is C18H25Cl2N3O2. The summed E-state index contributed by atoms with van der Waals surface area (Å²) in [6.07, 6.45) is 2.03. The molecule has 25 heavy (non-hydrogen) atoms. The van der Waals surface area contributed by atoms with Gasteiger partial charge in [0.15, 0.2) is 0 Å². The average molecular weight is 386 g/mol. The molecule has 1 heterocycles. The van der Waals surface area contributed by atoms with E-state index >= 15 is 0 Å². The lowest BCUT2D eigenvalue weighted by Gasteiger charge is -2.34. The quantitative estimate of drug-likeness (QED) is 0.818. The minimum atomic E-state index is -0.0951. The van der Waals surface area contributed by atoms with Crippen molar-refractivity contribution in [2.45, 2.75) is 32.7 Å². The Balaban J connectivity index is 1.83. The van der Waals surface area contributed by atoms with Gasteiger partial charge in [-0.1, -0.05) is 36.5 Å². The van der Waals surface area contributed by atoms with Gasteiger partial charge in [-0.3, -0.25) is 14.5 Å². The fourth-order valence-corrected chi connectivity index (χ4v) is 3.46. The van der Waals surface area contributed by atoms with E-state index in [4.69, 9.17) is 23.2 Å². The number of hydrogen-bond donors (Lipinski definition) is 1. The fraction of sp³-hybridized carbons (Fsp3) is 0.556. The van der Waals surface area contributed by atoms with Crippen molar-refractivity contribution in [2.24, 2.45) is 0 Å². The second-order valence-corrected chi connectivity index (χ2v) is 7.29. The zero-order valence-corrected chi connectivity index (χ0v) is 16.2. The van der Waals surface area contributed by atoms with Crippen molar-refractivity contribution in [1.29, 1.82) is 0 Å². The van der Waals surface area contributed by atoms with Crippen molar-refractivity contribution < 1.29 is 9.59 Å². The van der Waals surface area contributed by atoms with E-state index in [0.29, 0.717) is 48.3 Å². The highest BCUT2D eigenvalue weighted by atomic mass is 35.5. The van der Waals surface area contributed by atoms with Gasteiger partial charge in [-0.2, -0.15) is 0 Å². The molecule has 1 aromatic carbocycles. The largest absolute Gasteiger partial charge is 0.353 e. The Kier molecular flexibility index (Phi) is 7.54. The summed E-state index contributed by atoms with van der Waals surface area (Å²) in [4.78, 5) is 28.5. The van der Waals surface area contributed by atoms with Gasteiger partial charge in [0.25, 0.3) is 5.91 Å². The topological polar surface area (TPSA) is 52.7 Å². The van der Waals surface area contributed by atoms with Crippen LogP contribution in [-0.4, -0.2) is 60.4 Å². The minimum absolute atomic E-state index is 0.0430. The number of benzene rings is 1. The molecule has 0 aromatic heterocycles. The smallest absolute Gasteiger partial charge is 0.255 e. The molecule has 0 aliphatic carbocycles. The first-order valence-electron chi connectivity index (χ1n) is 8.66. The van der Waals surface area contributed by atoms with E-state index in [1.54, 1.807) is 23.1 Å². The van der Waals surface area contributed by atoms with Crippen molar-refractivity contribution in [2.75, 3.05) is 32.7 Å². The van der Waals surface area contributed by atoms with Gasteiger partial charge in [0.1, 0.15) is 0 Å². The summed E-state index contributed by atoms with van der Waals surface area (Å²) in [5, 5.41) is 3.88. The molecule has 1 N–H and O–H groups in total. The van der Waals surface area contributed by atoms with Crippen molar-refractivity contribution >= 4 is 35.0 Å². The molecule has 0 saturated carbocycles. The molecule has 0 spiro atoms. The molecule has 2 amide bonds. The second-order valence-electron chi connectivity index (χ2n) is 6.45. The molecule has 1 aromatic rings. The summed E-state index contributed by atoms with van der Waals surface area (Å²) in [6, 6.07) is 5.10. The Morgan fingerprint density at radius 2 is 1.88 bits per heavy atom. The normalized spacial score (nSPS) is 16.6. The Morgan fingerprint density at radius 3 is 2.48 bits per heavy atom. The maximum atomic E-state index is 12.6. The van der Waals surface area contributed by atoms with Gasteiger partial charge in [0.2, 0.25) is 5.91 Å². The molecular weight excluding hydrogens is 361 g/mol. The number of rotatable bonds is 6. The Labute approximate surface area is 159 Å². The molecule has 138 valence electrons. The number of piperazine rings is 1. The van der Waals surface area contributed by atoms with Gasteiger partial charge in [-0.05, 0) is 31.5 Å². The van der Waals surface area contributed by atoms with Crippen LogP contribution in [0.3, 0.4) is 0 Å². The third-order valence-corrected chi connectivity index (χ3v) is 4.87. The number of nitrogens with one attached hydrogen (secondary N) is 1. The van der Waals surface area contributed by atoms with E-state index in [0.717, 1.165) is 12.8 Å². The number of amides is 2. The minimum Gasteiger partial charge on any atom is -0.353 e. The average Bonchev–Trinajstić information content (AvgIpc) is 2.55. The molecule has 0 radical (unpaired) electrons. The fourth-order valence-electron chi connectivity index (χ4n) is 2.97. The van der Waals surface area contributed by atoms with Crippen LogP contribution in [0.1, 0.15) is 37.0 Å². The van der Waals surface area contributed by atoms with E-state index in [2.05, 4.69) is 17.1 Å². The molecule has 7 heteroatoms. The van der Waals surface area contributed by atoms with Crippen molar-refractivity contribution in [3.8, 4) is 0 Å². The van der Waals surface area contributed by atoms with E-state index in [1.807, 2.05) is 6.92 Å². The van der Waals surface area contributed by atoms with Crippen molar-refractivity contribution in [3.05, 3.63) is 33.8 Å². The lowest BCUT2D eigenvalue weighted by Crippen LogP contribution is -2.51. The molecule has 1 unspecified atom stereocenters. The van der Waals surface area contributed by atoms with Crippen LogP contribution in [0.5, 0.6) is 0 Å². The zero-order valence-electron chi connectivity index (χ0n) is 14.7. The lowest BCUT2D eigenvalue weighted by atomic mass is 10.1. The SMILES string of the molecule is CCCC(C)NC(=O)CN1CCN(C(=O)c2ccc(Cl)cc2Cl)CC1. The monoisotopic (exact) mass is 385 g/mol. The highest BCUT2D eigenvalue weighted by Crippen LogP contribution is 2.22. The van der Waals surface area contributed by atoms with E-state index in [9.17, 15) is 9.59 Å². The van der Waals surface area contributed by atoms with Gasteiger partial charge in [-0.25, -0.2) is 0 Å². The Morgan fingerprint density at radius 1 is 1.20 bits per heavy atom. The summed E-state index contributed by atoms with van der Waals surface area (Å²) in [6.45, 7) is 7.00. The summed E-state index contributed by atoms with van der Waals surface area (Å²) < 4.78 is 0. The molecule has 5 nitrogen and oxygen atoms in total. The van der Waals surface area contributed by atoms with Crippen LogP contribution in [0.2, 0.25) is 10.0 Å². The van der Waals surface area contributed by atoms with Gasteiger partial charge in [0, 0.05) is 37.2 Å². The van der Waals surface area contributed by atoms with E-state index in [1.165, 1.54) is 0 Å². The van der Waals surface area contributed by atoms with Gasteiger partial charge in [0.05, 0.1) is 17.1 Å². The summed E-state index contributed by atoms with van der Waals surface area (Å²) in [5.74, 6) is -0.0520. The summed E-state index contributed by atoms with van der Waals surface area (Å²) in [7, 11) is 0. The van der Waals surface area contributed by atoms with Crippen LogP contribution < -0.4 is 5.32 Å². The Hall–Kier alpha value is -1.30. The summed E-state index contributed by atoms with van der Waals surface area (Å²) >= 11 is 12.0. The molecule has 2 rings (SSSR count). The van der Waals surface area contributed by atoms with Crippen LogP contribution in [-0.2, 0) is 4.79 Å². The number of carbonyl (C=O) groups is 2. The standard InChI is InChI=1S/C18H25Cl2N3O2/c1-3-4-13(2)21-17(24)12-22-7-9-23(10-8-22)18(25)15-6-5-14(19)11-16(15)20/h5-6,11,13H,3-4,7-10,12H2,1-2H3,(H,21,24). The first-order valence-corrected chi connectivity index (χ1v) is 9.42. The van der Waals surface area contributed by atoms with Crippen LogP contribution >= 0.6 is 23.2 Å². The van der Waals surface area contributed by atoms with Gasteiger partial charge in [-0.15, -0.1) is 0 Å². The zero-order chi connectivity index (χ0) is 18.4. The molecule has 1 aliphatic heterocycles. The van der Waals surface area contributed by atoms with E-state index < -0.39 is 0 Å². The molecule has 1 saturated heterocycles. The highest BCUT2D eigenvalue weighted by Gasteiger charge is 2.24. The third kappa shape index (κ3) is 5.87. The number of hydrogen-bond acceptors (Lipinski definition) is 3. The first-order chi connectivity index (χ1) is 11.9. The van der Waals surface area contributed by atoms with Gasteiger partial charge >= 0.3 is 0 Å². The molecule has 1 atom stereocenters. The first kappa shape index (κ1) is 20.0.